The standard InChI is InChI=1S/C33H38FN7O4/c1-8-41(32(42)45-33(3,4)5)27(18-43-7)20(2)44-28-15-21(22-16-38-40(6)17-22)14-26-29(28)31(37-19-36-26)39-25-12-11-24-23(30(25)34)10-9-13-35-24/h9-17,19-20,27H,8,18H2,1-7H3,(H,36,37,39). The van der Waals surface area contributed by atoms with Crippen LogP contribution in [-0.2, 0) is 16.5 Å². The Kier molecular flexibility index (Phi) is 9.14. The lowest BCUT2D eigenvalue weighted by Crippen LogP contribution is -2.51. The number of halogens is 1. The highest BCUT2D eigenvalue weighted by Gasteiger charge is 2.33. The first kappa shape index (κ1) is 31.6. The Morgan fingerprint density at radius 2 is 1.91 bits per heavy atom. The van der Waals surface area contributed by atoms with Crippen LogP contribution < -0.4 is 10.1 Å². The molecule has 0 fully saturated rings. The van der Waals surface area contributed by atoms with Gasteiger partial charge in [-0.3, -0.25) is 14.6 Å². The van der Waals surface area contributed by atoms with Crippen molar-refractivity contribution in [2.24, 2.45) is 7.05 Å². The third kappa shape index (κ3) is 6.96. The number of nitrogens with one attached hydrogen (secondary N) is 1. The number of benzene rings is 2. The van der Waals surface area contributed by atoms with Gasteiger partial charge in [-0.2, -0.15) is 5.10 Å². The molecule has 11 nitrogen and oxygen atoms in total. The van der Waals surface area contributed by atoms with Gasteiger partial charge < -0.3 is 19.5 Å². The summed E-state index contributed by atoms with van der Waals surface area (Å²) in [6, 6.07) is 10.0. The lowest BCUT2D eigenvalue weighted by atomic mass is 10.1. The number of hydrogen-bond acceptors (Lipinski definition) is 9. The zero-order valence-electron chi connectivity index (χ0n) is 26.5. The fourth-order valence-electron chi connectivity index (χ4n) is 5.17. The maximum atomic E-state index is 15.6. The van der Waals surface area contributed by atoms with E-state index in [9.17, 15) is 4.79 Å². The third-order valence-corrected chi connectivity index (χ3v) is 7.27. The van der Waals surface area contributed by atoms with E-state index in [1.165, 1.54) is 6.33 Å². The van der Waals surface area contributed by atoms with Gasteiger partial charge in [0.2, 0.25) is 0 Å². The van der Waals surface area contributed by atoms with Gasteiger partial charge in [0.1, 0.15) is 29.6 Å². The van der Waals surface area contributed by atoms with Crippen molar-refractivity contribution >= 4 is 39.4 Å². The van der Waals surface area contributed by atoms with Crippen LogP contribution in [0.1, 0.15) is 34.6 Å². The molecular weight excluding hydrogens is 577 g/mol. The van der Waals surface area contributed by atoms with Gasteiger partial charge >= 0.3 is 6.09 Å². The molecule has 45 heavy (non-hydrogen) atoms. The zero-order valence-corrected chi connectivity index (χ0v) is 26.5. The van der Waals surface area contributed by atoms with Crippen molar-refractivity contribution in [1.29, 1.82) is 0 Å². The summed E-state index contributed by atoms with van der Waals surface area (Å²) in [4.78, 5) is 28.1. The number of aromatic nitrogens is 5. The number of pyridine rings is 1. The number of hydrogen-bond donors (Lipinski definition) is 1. The van der Waals surface area contributed by atoms with Crippen LogP contribution in [0.2, 0.25) is 0 Å². The van der Waals surface area contributed by atoms with E-state index >= 15 is 4.39 Å². The topological polar surface area (TPSA) is 117 Å². The van der Waals surface area contributed by atoms with Crippen molar-refractivity contribution in [3.05, 3.63) is 67.1 Å². The van der Waals surface area contributed by atoms with Gasteiger partial charge in [0.15, 0.2) is 5.82 Å². The van der Waals surface area contributed by atoms with Crippen molar-refractivity contribution in [2.45, 2.75) is 52.4 Å². The Labute approximate surface area is 261 Å². The fourth-order valence-corrected chi connectivity index (χ4v) is 5.17. The zero-order chi connectivity index (χ0) is 32.3. The van der Waals surface area contributed by atoms with Crippen LogP contribution in [0.4, 0.5) is 20.7 Å². The van der Waals surface area contributed by atoms with Gasteiger partial charge in [-0.1, -0.05) is 0 Å². The number of nitrogens with zero attached hydrogens (tertiary/aromatic N) is 6. The molecule has 0 aliphatic carbocycles. The van der Waals surface area contributed by atoms with E-state index < -0.39 is 29.7 Å². The first-order chi connectivity index (χ1) is 21.5. The van der Waals surface area contributed by atoms with E-state index in [0.29, 0.717) is 39.9 Å². The van der Waals surface area contributed by atoms with Crippen molar-refractivity contribution in [1.82, 2.24) is 29.6 Å². The van der Waals surface area contributed by atoms with Gasteiger partial charge in [0, 0.05) is 44.0 Å². The number of methoxy groups -OCH3 is 1. The van der Waals surface area contributed by atoms with E-state index in [2.05, 4.69) is 25.4 Å². The van der Waals surface area contributed by atoms with E-state index in [4.69, 9.17) is 14.2 Å². The molecule has 0 spiro atoms. The molecule has 2 aromatic carbocycles. The maximum absolute atomic E-state index is 15.6. The summed E-state index contributed by atoms with van der Waals surface area (Å²) in [6.07, 6.45) is 5.65. The number of ether oxygens (including phenoxy) is 3. The van der Waals surface area contributed by atoms with Crippen LogP contribution >= 0.6 is 0 Å². The Balaban J connectivity index is 1.60. The maximum Gasteiger partial charge on any atom is 0.410 e. The molecule has 0 bridgehead atoms. The number of fused-ring (bicyclic) bond motifs is 2. The monoisotopic (exact) mass is 615 g/mol. The molecule has 0 radical (unpaired) electrons. The SMILES string of the molecule is CCN(C(=O)OC(C)(C)C)C(COC)C(C)Oc1cc(-c2cnn(C)c2)cc2ncnc(Nc3ccc4ncccc4c3F)c12. The van der Waals surface area contributed by atoms with Crippen LogP contribution in [-0.4, -0.2) is 73.7 Å². The summed E-state index contributed by atoms with van der Waals surface area (Å²) in [5.74, 6) is 0.335. The minimum atomic E-state index is -0.674. The van der Waals surface area contributed by atoms with E-state index in [0.717, 1.165) is 11.1 Å². The summed E-state index contributed by atoms with van der Waals surface area (Å²) in [5, 5.41) is 8.40. The molecule has 3 aromatic heterocycles. The van der Waals surface area contributed by atoms with E-state index in [1.807, 2.05) is 60.0 Å². The summed E-state index contributed by atoms with van der Waals surface area (Å²) >= 11 is 0. The van der Waals surface area contributed by atoms with Crippen molar-refractivity contribution < 1.29 is 23.4 Å². The summed E-state index contributed by atoms with van der Waals surface area (Å²) < 4.78 is 35.2. The highest BCUT2D eigenvalue weighted by molar-refractivity contribution is 5.99. The number of rotatable bonds is 10. The molecule has 12 heteroatoms. The number of anilines is 2. The van der Waals surface area contributed by atoms with Crippen LogP contribution in [0.3, 0.4) is 0 Å². The number of carbonyl (C=O) groups excluding carboxylic acids is 1. The quantitative estimate of drug-likeness (QED) is 0.188. The molecule has 0 saturated heterocycles. The second-order valence-corrected chi connectivity index (χ2v) is 11.7. The normalized spacial score (nSPS) is 13.1. The number of aryl methyl sites for hydroxylation is 1. The molecule has 0 aliphatic rings. The Hall–Kier alpha value is -4.84. The van der Waals surface area contributed by atoms with E-state index in [1.54, 1.807) is 53.4 Å². The molecule has 2 unspecified atom stereocenters. The molecule has 2 atom stereocenters. The highest BCUT2D eigenvalue weighted by atomic mass is 19.1. The molecule has 3 heterocycles. The van der Waals surface area contributed by atoms with Gasteiger partial charge in [0.05, 0.1) is 41.0 Å². The molecular formula is C33H38FN7O4. The largest absolute Gasteiger partial charge is 0.488 e. The molecule has 5 aromatic rings. The van der Waals surface area contributed by atoms with Crippen LogP contribution in [0.25, 0.3) is 32.9 Å². The smallest absolute Gasteiger partial charge is 0.410 e. The molecule has 5 rings (SSSR count). The van der Waals surface area contributed by atoms with Gasteiger partial charge in [0.25, 0.3) is 0 Å². The average molecular weight is 616 g/mol. The van der Waals surface area contributed by atoms with Crippen molar-refractivity contribution in [2.75, 3.05) is 25.6 Å². The molecule has 236 valence electrons. The molecule has 1 N–H and O–H groups in total. The minimum absolute atomic E-state index is 0.201. The molecule has 0 saturated carbocycles. The number of carbonyl (C=O) groups is 1. The first-order valence-corrected chi connectivity index (χ1v) is 14.7. The second-order valence-electron chi connectivity index (χ2n) is 11.7. The third-order valence-electron chi connectivity index (χ3n) is 7.27. The summed E-state index contributed by atoms with van der Waals surface area (Å²) in [6.45, 7) is 9.79. The summed E-state index contributed by atoms with van der Waals surface area (Å²) in [5.41, 5.74) is 2.34. The minimum Gasteiger partial charge on any atom is -0.488 e. The van der Waals surface area contributed by atoms with Crippen LogP contribution in [0.5, 0.6) is 5.75 Å². The van der Waals surface area contributed by atoms with Crippen molar-refractivity contribution in [3.8, 4) is 16.9 Å². The predicted molar refractivity (Wildman–Crippen MR) is 171 cm³/mol. The predicted octanol–water partition coefficient (Wildman–Crippen LogP) is 6.50. The first-order valence-electron chi connectivity index (χ1n) is 14.7. The highest BCUT2D eigenvalue weighted by Crippen LogP contribution is 2.38. The van der Waals surface area contributed by atoms with Crippen molar-refractivity contribution in [3.63, 3.8) is 0 Å². The van der Waals surface area contributed by atoms with Crippen LogP contribution in [0.15, 0.2) is 61.3 Å². The van der Waals surface area contributed by atoms with E-state index in [-0.39, 0.29) is 12.3 Å². The number of likely N-dealkylation sites (N-methyl/N-ethyl adjacent to an activating group) is 1. The van der Waals surface area contributed by atoms with Gasteiger partial charge in [-0.05, 0) is 76.6 Å². The van der Waals surface area contributed by atoms with Gasteiger partial charge in [-0.25, -0.2) is 19.2 Å². The lowest BCUT2D eigenvalue weighted by Gasteiger charge is -2.35. The second kappa shape index (κ2) is 13.0. The average Bonchev–Trinajstić information content (AvgIpc) is 3.44. The Morgan fingerprint density at radius 1 is 1.11 bits per heavy atom. The van der Waals surface area contributed by atoms with Crippen LogP contribution in [0, 0.1) is 5.82 Å². The van der Waals surface area contributed by atoms with Gasteiger partial charge in [-0.15, -0.1) is 0 Å². The Morgan fingerprint density at radius 3 is 2.60 bits per heavy atom. The Bertz CT molecular complexity index is 1820. The molecule has 1 amide bonds. The fraction of sp³-hybridized carbons (Fsp3) is 0.364. The lowest BCUT2D eigenvalue weighted by molar-refractivity contribution is -0.0139. The molecule has 0 aliphatic heterocycles. The summed E-state index contributed by atoms with van der Waals surface area (Å²) in [7, 11) is 3.41. The number of amides is 1.